The Kier molecular flexibility index (Phi) is 19.5. The maximum Gasteiger partial charge on any atom is 0.308 e. The summed E-state index contributed by atoms with van der Waals surface area (Å²) in [4.78, 5) is 30.9. The molecule has 0 fully saturated rings. The molecule has 6 nitrogen and oxygen atoms in total. The number of rotatable bonds is 7. The summed E-state index contributed by atoms with van der Waals surface area (Å²) in [5.41, 5.74) is 0. The van der Waals surface area contributed by atoms with Gasteiger partial charge in [0, 0.05) is 6.92 Å². The van der Waals surface area contributed by atoms with Gasteiger partial charge in [-0.1, -0.05) is 55.4 Å². The Morgan fingerprint density at radius 3 is 1.40 bits per heavy atom. The second-order valence-corrected chi connectivity index (χ2v) is 7.02. The number of esters is 2. The summed E-state index contributed by atoms with van der Waals surface area (Å²) in [5, 5.41) is 8.18. The topological polar surface area (TPSA) is 89.9 Å². The summed E-state index contributed by atoms with van der Waals surface area (Å²) >= 11 is 0. The Morgan fingerprint density at radius 1 is 0.840 bits per heavy atom. The van der Waals surface area contributed by atoms with Crippen LogP contribution in [0.2, 0.25) is 0 Å². The molecule has 6 heteroatoms. The number of aliphatic carboxylic acids is 1. The van der Waals surface area contributed by atoms with Crippen LogP contribution in [0.5, 0.6) is 0 Å². The van der Waals surface area contributed by atoms with E-state index in [1.165, 1.54) is 6.92 Å². The van der Waals surface area contributed by atoms with Crippen molar-refractivity contribution in [1.82, 2.24) is 0 Å². The third-order valence-electron chi connectivity index (χ3n) is 2.68. The lowest BCUT2D eigenvalue weighted by atomic mass is 10.1. The van der Waals surface area contributed by atoms with Crippen molar-refractivity contribution in [2.75, 3.05) is 13.2 Å². The van der Waals surface area contributed by atoms with Gasteiger partial charge in [-0.05, 0) is 18.3 Å². The smallest absolute Gasteiger partial charge is 0.308 e. The Labute approximate surface area is 153 Å². The Bertz CT molecular complexity index is 361. The zero-order valence-corrected chi connectivity index (χ0v) is 17.4. The molecule has 0 amide bonds. The van der Waals surface area contributed by atoms with Crippen LogP contribution in [0.3, 0.4) is 0 Å². The number of hydrogen-bond acceptors (Lipinski definition) is 5. The molecule has 1 unspecified atom stereocenters. The fraction of sp³-hybridized carbons (Fsp3) is 0.842. The standard InChI is InChI=1S/C8H16O2.C6H12O2.C5H10O2/c1-6(2)5-10-8(9)7(3)4;1-5(2)4-8-6(3)7;1-3-4(2)5(6)7/h6-7H,5H2,1-4H3;5H,4H2,1-3H3;4H,3H2,1-2H3,(H,6,7). The predicted octanol–water partition coefficient (Wildman–Crippen LogP) is 4.16. The molecule has 150 valence electrons. The molecule has 0 saturated heterocycles. The van der Waals surface area contributed by atoms with Gasteiger partial charge in [0.25, 0.3) is 0 Å². The van der Waals surface area contributed by atoms with Gasteiger partial charge in [0.2, 0.25) is 0 Å². The fourth-order valence-electron chi connectivity index (χ4n) is 0.874. The zero-order chi connectivity index (χ0) is 20.6. The Hall–Kier alpha value is -1.59. The van der Waals surface area contributed by atoms with Gasteiger partial charge in [-0.25, -0.2) is 0 Å². The highest BCUT2D eigenvalue weighted by Crippen LogP contribution is 1.99. The van der Waals surface area contributed by atoms with Crippen molar-refractivity contribution < 1.29 is 29.0 Å². The molecule has 0 aromatic carbocycles. The van der Waals surface area contributed by atoms with Gasteiger partial charge in [0.1, 0.15) is 0 Å². The van der Waals surface area contributed by atoms with E-state index in [0.717, 1.165) is 6.42 Å². The minimum absolute atomic E-state index is 0.00116. The van der Waals surface area contributed by atoms with Gasteiger partial charge in [-0.15, -0.1) is 0 Å². The minimum Gasteiger partial charge on any atom is -0.481 e. The van der Waals surface area contributed by atoms with Gasteiger partial charge < -0.3 is 14.6 Å². The van der Waals surface area contributed by atoms with E-state index < -0.39 is 5.97 Å². The molecule has 0 rings (SSSR count). The summed E-state index contributed by atoms with van der Waals surface area (Å²) in [6.45, 7) is 17.8. The van der Waals surface area contributed by atoms with Crippen molar-refractivity contribution in [3.63, 3.8) is 0 Å². The van der Waals surface area contributed by atoms with Gasteiger partial charge in [-0.3, -0.25) is 14.4 Å². The third kappa shape index (κ3) is 27.5. The lowest BCUT2D eigenvalue weighted by molar-refractivity contribution is -0.148. The van der Waals surface area contributed by atoms with Crippen LogP contribution >= 0.6 is 0 Å². The van der Waals surface area contributed by atoms with Crippen molar-refractivity contribution in [1.29, 1.82) is 0 Å². The van der Waals surface area contributed by atoms with Gasteiger partial charge in [0.15, 0.2) is 0 Å². The van der Waals surface area contributed by atoms with E-state index in [1.807, 2.05) is 48.5 Å². The average molecular weight is 363 g/mol. The van der Waals surface area contributed by atoms with Gasteiger partial charge in [-0.2, -0.15) is 0 Å². The summed E-state index contributed by atoms with van der Waals surface area (Å²) < 4.78 is 9.59. The zero-order valence-electron chi connectivity index (χ0n) is 17.4. The number of carbonyl (C=O) groups excluding carboxylic acids is 2. The van der Waals surface area contributed by atoms with E-state index in [2.05, 4.69) is 4.74 Å². The fourth-order valence-corrected chi connectivity index (χ4v) is 0.874. The average Bonchev–Trinajstić information content (AvgIpc) is 2.50. The van der Waals surface area contributed by atoms with Crippen molar-refractivity contribution in [3.05, 3.63) is 0 Å². The molecule has 0 aliphatic heterocycles. The second kappa shape index (κ2) is 17.2. The predicted molar refractivity (Wildman–Crippen MR) is 99.2 cm³/mol. The highest BCUT2D eigenvalue weighted by Gasteiger charge is 2.08. The molecule has 0 radical (unpaired) electrons. The summed E-state index contributed by atoms with van der Waals surface area (Å²) in [5.74, 6) is -0.310. The highest BCUT2D eigenvalue weighted by atomic mass is 16.5. The van der Waals surface area contributed by atoms with E-state index in [9.17, 15) is 14.4 Å². The molecule has 0 aromatic heterocycles. The number of ether oxygens (including phenoxy) is 2. The molecule has 0 spiro atoms. The molecule has 0 aliphatic rings. The molecule has 1 N–H and O–H groups in total. The van der Waals surface area contributed by atoms with E-state index >= 15 is 0 Å². The highest BCUT2D eigenvalue weighted by molar-refractivity contribution is 5.71. The van der Waals surface area contributed by atoms with Crippen molar-refractivity contribution >= 4 is 17.9 Å². The first-order chi connectivity index (χ1) is 11.3. The molecule has 1 atom stereocenters. The molecule has 0 aliphatic carbocycles. The minimum atomic E-state index is -0.706. The van der Waals surface area contributed by atoms with Crippen LogP contribution in [-0.4, -0.2) is 36.2 Å². The van der Waals surface area contributed by atoms with Gasteiger partial charge >= 0.3 is 17.9 Å². The van der Waals surface area contributed by atoms with Crippen LogP contribution in [0.1, 0.15) is 68.7 Å². The van der Waals surface area contributed by atoms with Crippen LogP contribution in [0.25, 0.3) is 0 Å². The van der Waals surface area contributed by atoms with E-state index in [1.54, 1.807) is 6.92 Å². The van der Waals surface area contributed by atoms with Crippen LogP contribution in [0.15, 0.2) is 0 Å². The maximum atomic E-state index is 10.8. The van der Waals surface area contributed by atoms with Crippen molar-refractivity contribution in [2.24, 2.45) is 23.7 Å². The summed E-state index contributed by atoms with van der Waals surface area (Å²) in [7, 11) is 0. The molecular formula is C19H38O6. The normalized spacial score (nSPS) is 11.0. The first kappa shape index (κ1) is 28.2. The lowest BCUT2D eigenvalue weighted by Crippen LogP contribution is -2.14. The quantitative estimate of drug-likeness (QED) is 0.684. The molecular weight excluding hydrogens is 324 g/mol. The maximum absolute atomic E-state index is 10.8. The van der Waals surface area contributed by atoms with Crippen LogP contribution < -0.4 is 0 Å². The van der Waals surface area contributed by atoms with Gasteiger partial charge in [0.05, 0.1) is 25.0 Å². The Morgan fingerprint density at radius 2 is 1.24 bits per heavy atom. The van der Waals surface area contributed by atoms with Crippen molar-refractivity contribution in [3.8, 4) is 0 Å². The largest absolute Gasteiger partial charge is 0.481 e. The van der Waals surface area contributed by atoms with E-state index in [-0.39, 0.29) is 23.8 Å². The lowest BCUT2D eigenvalue weighted by Gasteiger charge is -2.08. The third-order valence-corrected chi connectivity index (χ3v) is 2.68. The van der Waals surface area contributed by atoms with E-state index in [4.69, 9.17) is 9.84 Å². The van der Waals surface area contributed by atoms with Crippen LogP contribution in [-0.2, 0) is 23.9 Å². The monoisotopic (exact) mass is 362 g/mol. The number of carboxylic acids is 1. The SMILES string of the molecule is CC(=O)OCC(C)C.CC(C)COC(=O)C(C)C.CCC(C)C(=O)O. The first-order valence-electron chi connectivity index (χ1n) is 8.87. The molecule has 25 heavy (non-hydrogen) atoms. The van der Waals surface area contributed by atoms with Crippen LogP contribution in [0.4, 0.5) is 0 Å². The number of carbonyl (C=O) groups is 3. The number of carboxylic acid groups (broad SMARTS) is 1. The molecule has 0 heterocycles. The molecule has 0 aromatic rings. The summed E-state index contributed by atoms with van der Waals surface area (Å²) in [6.07, 6.45) is 0.718. The second-order valence-electron chi connectivity index (χ2n) is 7.02. The van der Waals surface area contributed by atoms with E-state index in [0.29, 0.717) is 25.0 Å². The molecule has 0 bridgehead atoms. The number of hydrogen-bond donors (Lipinski definition) is 1. The molecule has 0 saturated carbocycles. The Balaban J connectivity index is -0.000000296. The first-order valence-corrected chi connectivity index (χ1v) is 8.87. The summed E-state index contributed by atoms with van der Waals surface area (Å²) in [6, 6.07) is 0. The van der Waals surface area contributed by atoms with Crippen molar-refractivity contribution in [2.45, 2.75) is 68.7 Å². The van der Waals surface area contributed by atoms with Crippen LogP contribution in [0, 0.1) is 23.7 Å².